The average Bonchev–Trinajstić information content (AvgIpc) is 3.08. The van der Waals surface area contributed by atoms with Crippen LogP contribution in [0.4, 0.5) is 0 Å². The molecule has 2 aromatic carbocycles. The molecule has 1 aliphatic heterocycles. The highest BCUT2D eigenvalue weighted by atomic mass is 16.2. The van der Waals surface area contributed by atoms with Crippen LogP contribution in [-0.4, -0.2) is 23.9 Å². The fourth-order valence-electron chi connectivity index (χ4n) is 2.75. The number of amides is 1. The van der Waals surface area contributed by atoms with Gasteiger partial charge in [0.1, 0.15) is 0 Å². The molecule has 0 atom stereocenters. The highest BCUT2D eigenvalue weighted by molar-refractivity contribution is 5.95. The summed E-state index contributed by atoms with van der Waals surface area (Å²) in [4.78, 5) is 14.3. The maximum Gasteiger partial charge on any atom is 0.253 e. The van der Waals surface area contributed by atoms with Crippen molar-refractivity contribution >= 4 is 5.91 Å². The van der Waals surface area contributed by atoms with E-state index < -0.39 is 0 Å². The van der Waals surface area contributed by atoms with E-state index in [4.69, 9.17) is 0 Å². The summed E-state index contributed by atoms with van der Waals surface area (Å²) >= 11 is 0. The molecule has 1 saturated heterocycles. The van der Waals surface area contributed by atoms with Gasteiger partial charge in [0.2, 0.25) is 0 Å². The van der Waals surface area contributed by atoms with Crippen molar-refractivity contribution in [3.63, 3.8) is 0 Å². The van der Waals surface area contributed by atoms with Gasteiger partial charge in [0.25, 0.3) is 5.91 Å². The van der Waals surface area contributed by atoms with Gasteiger partial charge in [-0.05, 0) is 42.2 Å². The Hall–Kier alpha value is -2.60. The summed E-state index contributed by atoms with van der Waals surface area (Å²) in [5.74, 6) is 0.0868. The van der Waals surface area contributed by atoms with Crippen molar-refractivity contribution in [2.75, 3.05) is 13.1 Å². The molecule has 3 nitrogen and oxygen atoms in total. The molecule has 2 aromatic rings. The van der Waals surface area contributed by atoms with Gasteiger partial charge in [-0.25, -0.2) is 0 Å². The first-order chi connectivity index (χ1) is 10.3. The Kier molecular flexibility index (Phi) is 3.70. The molecule has 1 heterocycles. The molecule has 0 N–H and O–H groups in total. The van der Waals surface area contributed by atoms with Crippen LogP contribution in [0.2, 0.25) is 0 Å². The molecule has 1 fully saturated rings. The highest BCUT2D eigenvalue weighted by Gasteiger charge is 2.19. The summed E-state index contributed by atoms with van der Waals surface area (Å²) in [5.41, 5.74) is 3.11. The maximum atomic E-state index is 12.4. The molecule has 0 spiro atoms. The largest absolute Gasteiger partial charge is 0.339 e. The van der Waals surface area contributed by atoms with Gasteiger partial charge in [-0.2, -0.15) is 5.26 Å². The molecule has 0 radical (unpaired) electrons. The molecule has 3 rings (SSSR count). The summed E-state index contributed by atoms with van der Waals surface area (Å²) in [7, 11) is 0. The minimum atomic E-state index is 0.0868. The Morgan fingerprint density at radius 1 is 1.05 bits per heavy atom. The van der Waals surface area contributed by atoms with E-state index in [1.165, 1.54) is 0 Å². The van der Waals surface area contributed by atoms with Crippen LogP contribution in [0.3, 0.4) is 0 Å². The Morgan fingerprint density at radius 2 is 1.81 bits per heavy atom. The number of hydrogen-bond acceptors (Lipinski definition) is 2. The Morgan fingerprint density at radius 3 is 2.57 bits per heavy atom. The van der Waals surface area contributed by atoms with Gasteiger partial charge in [-0.1, -0.05) is 30.3 Å². The number of hydrogen-bond donors (Lipinski definition) is 0. The number of nitriles is 1. The molecular weight excluding hydrogens is 260 g/mol. The van der Waals surface area contributed by atoms with E-state index >= 15 is 0 Å². The number of rotatable bonds is 2. The third kappa shape index (κ3) is 2.66. The predicted molar refractivity (Wildman–Crippen MR) is 81.7 cm³/mol. The first-order valence-electron chi connectivity index (χ1n) is 7.18. The van der Waals surface area contributed by atoms with Crippen molar-refractivity contribution in [1.82, 2.24) is 4.90 Å². The van der Waals surface area contributed by atoms with E-state index in [0.29, 0.717) is 11.1 Å². The van der Waals surface area contributed by atoms with Gasteiger partial charge in [-0.3, -0.25) is 4.79 Å². The summed E-state index contributed by atoms with van der Waals surface area (Å²) in [6, 6.07) is 17.2. The summed E-state index contributed by atoms with van der Waals surface area (Å²) in [6.45, 7) is 1.69. The first kappa shape index (κ1) is 13.4. The van der Waals surface area contributed by atoms with Crippen LogP contribution in [0, 0.1) is 11.3 Å². The quantitative estimate of drug-likeness (QED) is 0.843. The van der Waals surface area contributed by atoms with Crippen LogP contribution in [-0.2, 0) is 0 Å². The van der Waals surface area contributed by atoms with Crippen molar-refractivity contribution in [1.29, 1.82) is 5.26 Å². The van der Waals surface area contributed by atoms with Gasteiger partial charge >= 0.3 is 0 Å². The van der Waals surface area contributed by atoms with Crippen molar-refractivity contribution < 1.29 is 4.79 Å². The van der Waals surface area contributed by atoms with Crippen molar-refractivity contribution in [2.45, 2.75) is 12.8 Å². The molecule has 0 aromatic heterocycles. The van der Waals surface area contributed by atoms with Gasteiger partial charge in [0.15, 0.2) is 0 Å². The third-order valence-corrected chi connectivity index (χ3v) is 3.86. The number of carbonyl (C=O) groups is 1. The third-order valence-electron chi connectivity index (χ3n) is 3.86. The number of benzene rings is 2. The molecule has 1 aliphatic rings. The average molecular weight is 276 g/mol. The zero-order valence-electron chi connectivity index (χ0n) is 11.7. The van der Waals surface area contributed by atoms with Gasteiger partial charge in [-0.15, -0.1) is 0 Å². The summed E-state index contributed by atoms with van der Waals surface area (Å²) < 4.78 is 0. The van der Waals surface area contributed by atoms with E-state index in [1.807, 2.05) is 47.4 Å². The van der Waals surface area contributed by atoms with Crippen molar-refractivity contribution in [3.05, 3.63) is 59.7 Å². The molecule has 104 valence electrons. The van der Waals surface area contributed by atoms with E-state index in [1.54, 1.807) is 6.07 Å². The van der Waals surface area contributed by atoms with Crippen LogP contribution < -0.4 is 0 Å². The normalized spacial score (nSPS) is 14.0. The lowest BCUT2D eigenvalue weighted by Crippen LogP contribution is -2.27. The molecule has 21 heavy (non-hydrogen) atoms. The standard InChI is InChI=1S/C18H16N2O/c19-13-16-6-1-2-9-17(16)14-7-5-8-15(12-14)18(21)20-10-3-4-11-20/h1-2,5-9,12H,3-4,10-11H2. The van der Waals surface area contributed by atoms with Crippen LogP contribution in [0.1, 0.15) is 28.8 Å². The molecular formula is C18H16N2O. The lowest BCUT2D eigenvalue weighted by molar-refractivity contribution is 0.0793. The lowest BCUT2D eigenvalue weighted by Gasteiger charge is -2.15. The maximum absolute atomic E-state index is 12.4. The van der Waals surface area contributed by atoms with Gasteiger partial charge in [0, 0.05) is 18.7 Å². The molecule has 1 amide bonds. The minimum Gasteiger partial charge on any atom is -0.339 e. The fourth-order valence-corrected chi connectivity index (χ4v) is 2.75. The number of likely N-dealkylation sites (tertiary alicyclic amines) is 1. The second-order valence-corrected chi connectivity index (χ2v) is 5.24. The number of nitrogens with zero attached hydrogens (tertiary/aromatic N) is 2. The van der Waals surface area contributed by atoms with E-state index in [0.717, 1.165) is 37.1 Å². The van der Waals surface area contributed by atoms with E-state index in [2.05, 4.69) is 6.07 Å². The van der Waals surface area contributed by atoms with Crippen LogP contribution in [0.25, 0.3) is 11.1 Å². The predicted octanol–water partition coefficient (Wildman–Crippen LogP) is 3.46. The smallest absolute Gasteiger partial charge is 0.253 e. The van der Waals surface area contributed by atoms with Crippen molar-refractivity contribution in [3.8, 4) is 17.2 Å². The Labute approximate surface area is 124 Å². The van der Waals surface area contributed by atoms with Gasteiger partial charge < -0.3 is 4.90 Å². The van der Waals surface area contributed by atoms with E-state index in [9.17, 15) is 10.1 Å². The molecule has 0 aliphatic carbocycles. The van der Waals surface area contributed by atoms with Crippen LogP contribution >= 0.6 is 0 Å². The SMILES string of the molecule is N#Cc1ccccc1-c1cccc(C(=O)N2CCCC2)c1. The van der Waals surface area contributed by atoms with E-state index in [-0.39, 0.29) is 5.91 Å². The number of carbonyl (C=O) groups excluding carboxylic acids is 1. The summed E-state index contributed by atoms with van der Waals surface area (Å²) in [6.07, 6.45) is 2.17. The second-order valence-electron chi connectivity index (χ2n) is 5.24. The van der Waals surface area contributed by atoms with Gasteiger partial charge in [0.05, 0.1) is 11.6 Å². The monoisotopic (exact) mass is 276 g/mol. The molecule has 0 saturated carbocycles. The zero-order chi connectivity index (χ0) is 14.7. The Balaban J connectivity index is 1.97. The van der Waals surface area contributed by atoms with Crippen LogP contribution in [0.5, 0.6) is 0 Å². The lowest BCUT2D eigenvalue weighted by atomic mass is 9.98. The zero-order valence-corrected chi connectivity index (χ0v) is 11.7. The van der Waals surface area contributed by atoms with Crippen molar-refractivity contribution in [2.24, 2.45) is 0 Å². The summed E-state index contributed by atoms with van der Waals surface area (Å²) in [5, 5.41) is 9.21. The fraction of sp³-hybridized carbons (Fsp3) is 0.222. The molecule has 0 unspecified atom stereocenters. The highest BCUT2D eigenvalue weighted by Crippen LogP contribution is 2.25. The Bertz CT molecular complexity index is 709. The molecule has 3 heteroatoms. The second kappa shape index (κ2) is 5.80. The topological polar surface area (TPSA) is 44.1 Å². The minimum absolute atomic E-state index is 0.0868. The first-order valence-corrected chi connectivity index (χ1v) is 7.18. The van der Waals surface area contributed by atoms with Crippen LogP contribution in [0.15, 0.2) is 48.5 Å². The molecule has 0 bridgehead atoms.